The van der Waals surface area contributed by atoms with E-state index in [0.29, 0.717) is 28.2 Å². The topological polar surface area (TPSA) is 102 Å². The molecule has 0 aliphatic carbocycles. The van der Waals surface area contributed by atoms with Crippen molar-refractivity contribution in [3.05, 3.63) is 76.9 Å². The Labute approximate surface area is 212 Å². The van der Waals surface area contributed by atoms with Crippen molar-refractivity contribution in [2.24, 2.45) is 0 Å². The number of hydrogen-bond donors (Lipinski definition) is 2. The van der Waals surface area contributed by atoms with Gasteiger partial charge in [0.2, 0.25) is 5.91 Å². The number of thiazole rings is 1. The first kappa shape index (κ1) is 24.6. The van der Waals surface area contributed by atoms with Crippen LogP contribution >= 0.6 is 23.1 Å². The zero-order valence-corrected chi connectivity index (χ0v) is 21.3. The van der Waals surface area contributed by atoms with Gasteiger partial charge in [0.15, 0.2) is 16.1 Å². The Morgan fingerprint density at radius 1 is 1.09 bits per heavy atom. The number of thioether (sulfide) groups is 1. The van der Waals surface area contributed by atoms with E-state index in [0.717, 1.165) is 11.3 Å². The van der Waals surface area contributed by atoms with Crippen LogP contribution in [-0.4, -0.2) is 37.3 Å². The molecule has 35 heavy (non-hydrogen) atoms. The summed E-state index contributed by atoms with van der Waals surface area (Å²) < 4.78 is 1.91. The molecule has 0 aliphatic rings. The minimum Gasteiger partial charge on any atom is -0.342 e. The first-order chi connectivity index (χ1) is 16.9. The molecule has 0 spiro atoms. The first-order valence-corrected chi connectivity index (χ1v) is 13.1. The van der Waals surface area contributed by atoms with Crippen molar-refractivity contribution >= 4 is 40.0 Å². The minimum absolute atomic E-state index is 0.169. The molecule has 1 unspecified atom stereocenters. The van der Waals surface area contributed by atoms with E-state index in [9.17, 15) is 9.59 Å². The summed E-state index contributed by atoms with van der Waals surface area (Å²) in [6.45, 7) is 6.50. The lowest BCUT2D eigenvalue weighted by Gasteiger charge is -2.15. The van der Waals surface area contributed by atoms with Gasteiger partial charge in [-0.15, -0.1) is 21.5 Å². The fourth-order valence-corrected chi connectivity index (χ4v) is 4.98. The summed E-state index contributed by atoms with van der Waals surface area (Å²) in [6.07, 6.45) is 0. The summed E-state index contributed by atoms with van der Waals surface area (Å²) in [7, 11) is 0. The van der Waals surface area contributed by atoms with Crippen molar-refractivity contribution in [3.8, 4) is 11.3 Å². The monoisotopic (exact) mass is 506 g/mol. The molecule has 2 aromatic heterocycles. The third-order valence-electron chi connectivity index (χ3n) is 5.26. The van der Waals surface area contributed by atoms with Crippen molar-refractivity contribution in [2.45, 2.75) is 38.5 Å². The van der Waals surface area contributed by atoms with E-state index in [1.54, 1.807) is 12.1 Å². The van der Waals surface area contributed by atoms with E-state index in [1.807, 2.05) is 73.2 Å². The van der Waals surface area contributed by atoms with Crippen LogP contribution in [0.5, 0.6) is 0 Å². The average Bonchev–Trinajstić information content (AvgIpc) is 3.50. The number of hydrogen-bond acceptors (Lipinski definition) is 7. The molecule has 0 bridgehead atoms. The number of nitrogens with zero attached hydrogens (tertiary/aromatic N) is 4. The molecule has 0 radical (unpaired) electrons. The zero-order valence-electron chi connectivity index (χ0n) is 19.7. The highest BCUT2D eigenvalue weighted by atomic mass is 32.2. The quantitative estimate of drug-likeness (QED) is 0.312. The van der Waals surface area contributed by atoms with Crippen LogP contribution in [-0.2, 0) is 11.3 Å². The van der Waals surface area contributed by atoms with Gasteiger partial charge in [0, 0.05) is 23.1 Å². The molecular weight excluding hydrogens is 480 g/mol. The minimum atomic E-state index is -0.339. The highest BCUT2D eigenvalue weighted by Crippen LogP contribution is 2.26. The van der Waals surface area contributed by atoms with Crippen LogP contribution in [0, 0.1) is 6.92 Å². The normalized spacial score (nSPS) is 11.7. The third kappa shape index (κ3) is 6.14. The molecule has 0 fully saturated rings. The maximum Gasteiger partial charge on any atom is 0.251 e. The largest absolute Gasteiger partial charge is 0.342 e. The maximum atomic E-state index is 12.5. The molecule has 2 N–H and O–H groups in total. The van der Waals surface area contributed by atoms with Crippen LogP contribution in [0.4, 0.5) is 5.13 Å². The van der Waals surface area contributed by atoms with Crippen molar-refractivity contribution in [1.82, 2.24) is 25.1 Å². The van der Waals surface area contributed by atoms with Gasteiger partial charge in [-0.3, -0.25) is 9.59 Å². The van der Waals surface area contributed by atoms with E-state index in [-0.39, 0.29) is 23.6 Å². The van der Waals surface area contributed by atoms with E-state index in [2.05, 4.69) is 25.8 Å². The second kappa shape index (κ2) is 11.3. The first-order valence-electron chi connectivity index (χ1n) is 11.2. The predicted octanol–water partition coefficient (Wildman–Crippen LogP) is 4.95. The van der Waals surface area contributed by atoms with Gasteiger partial charge in [-0.25, -0.2) is 4.98 Å². The predicted molar refractivity (Wildman–Crippen MR) is 140 cm³/mol. The van der Waals surface area contributed by atoms with Crippen LogP contribution in [0.1, 0.15) is 41.6 Å². The molecule has 2 amide bonds. The molecule has 0 saturated carbocycles. The van der Waals surface area contributed by atoms with Gasteiger partial charge in [-0.2, -0.15) is 0 Å². The lowest BCUT2D eigenvalue weighted by Crippen LogP contribution is -2.28. The van der Waals surface area contributed by atoms with Gasteiger partial charge in [-0.05, 0) is 32.9 Å². The second-order valence-corrected chi connectivity index (χ2v) is 9.69. The number of aryl methyl sites for hydroxylation is 1. The summed E-state index contributed by atoms with van der Waals surface area (Å²) in [5.74, 6) is 0.466. The summed E-state index contributed by atoms with van der Waals surface area (Å²) in [4.78, 5) is 29.6. The summed E-state index contributed by atoms with van der Waals surface area (Å²) in [5.41, 5.74) is 3.62. The number of rotatable bonds is 9. The van der Waals surface area contributed by atoms with Gasteiger partial charge in [0.05, 0.1) is 17.5 Å². The van der Waals surface area contributed by atoms with Gasteiger partial charge < -0.3 is 15.2 Å². The number of carbonyl (C=O) groups excluding carboxylic acids is 2. The number of nitrogens with one attached hydrogen (secondary N) is 2. The zero-order chi connectivity index (χ0) is 24.8. The van der Waals surface area contributed by atoms with Crippen molar-refractivity contribution in [1.29, 1.82) is 0 Å². The Morgan fingerprint density at radius 3 is 2.54 bits per heavy atom. The van der Waals surface area contributed by atoms with Gasteiger partial charge in [0.25, 0.3) is 5.91 Å². The second-order valence-electron chi connectivity index (χ2n) is 7.89. The lowest BCUT2D eigenvalue weighted by molar-refractivity contribution is -0.113. The third-order valence-corrected chi connectivity index (χ3v) is 6.99. The Balaban J connectivity index is 1.34. The van der Waals surface area contributed by atoms with Crippen LogP contribution in [0.15, 0.2) is 65.1 Å². The summed E-state index contributed by atoms with van der Waals surface area (Å²) in [6, 6.07) is 16.8. The summed E-state index contributed by atoms with van der Waals surface area (Å²) in [5, 5.41) is 17.4. The highest BCUT2D eigenvalue weighted by molar-refractivity contribution is 7.99. The Bertz CT molecular complexity index is 1300. The fourth-order valence-electron chi connectivity index (χ4n) is 3.43. The molecule has 0 saturated heterocycles. The smallest absolute Gasteiger partial charge is 0.251 e. The van der Waals surface area contributed by atoms with Crippen LogP contribution in [0.3, 0.4) is 0 Å². The Hall–Kier alpha value is -3.50. The van der Waals surface area contributed by atoms with Crippen molar-refractivity contribution < 1.29 is 9.59 Å². The highest BCUT2D eigenvalue weighted by Gasteiger charge is 2.20. The number of benzene rings is 2. The van der Waals surface area contributed by atoms with Crippen LogP contribution < -0.4 is 10.6 Å². The van der Waals surface area contributed by atoms with E-state index in [1.165, 1.54) is 28.7 Å². The molecule has 180 valence electrons. The van der Waals surface area contributed by atoms with Crippen molar-refractivity contribution in [2.75, 3.05) is 11.1 Å². The van der Waals surface area contributed by atoms with E-state index < -0.39 is 0 Å². The molecule has 8 nitrogen and oxygen atoms in total. The van der Waals surface area contributed by atoms with Crippen LogP contribution in [0.25, 0.3) is 11.3 Å². The Kier molecular flexibility index (Phi) is 7.94. The van der Waals surface area contributed by atoms with Crippen molar-refractivity contribution in [3.63, 3.8) is 0 Å². The molecule has 2 aromatic carbocycles. The molecule has 10 heteroatoms. The average molecular weight is 507 g/mol. The van der Waals surface area contributed by atoms with Crippen LogP contribution in [0.2, 0.25) is 0 Å². The number of aromatic nitrogens is 4. The number of anilines is 1. The van der Waals surface area contributed by atoms with E-state index in [4.69, 9.17) is 0 Å². The SMILES string of the molecule is CCn1c(SCC(=O)Nc2nc(-c3ccc(C)cc3)cs2)nnc1C(C)NC(=O)c1ccccc1. The maximum absolute atomic E-state index is 12.5. The van der Waals surface area contributed by atoms with Gasteiger partial charge in [-0.1, -0.05) is 59.8 Å². The standard InChI is InChI=1S/C25H26N6O2S2/c1-4-31-22(17(3)26-23(33)19-8-6-5-7-9-19)29-30-25(31)35-15-21(32)28-24-27-20(14-34-24)18-12-10-16(2)11-13-18/h5-14,17H,4,15H2,1-3H3,(H,26,33)(H,27,28,32). The molecule has 0 aliphatic heterocycles. The molecule has 4 rings (SSSR count). The number of amides is 2. The molecular formula is C25H26N6O2S2. The number of carbonyl (C=O) groups is 2. The van der Waals surface area contributed by atoms with E-state index >= 15 is 0 Å². The molecule has 4 aromatic rings. The van der Waals surface area contributed by atoms with Gasteiger partial charge >= 0.3 is 0 Å². The molecule has 2 heterocycles. The molecule has 1 atom stereocenters. The summed E-state index contributed by atoms with van der Waals surface area (Å²) >= 11 is 2.69. The van der Waals surface area contributed by atoms with Gasteiger partial charge in [0.1, 0.15) is 0 Å². The Morgan fingerprint density at radius 2 is 1.83 bits per heavy atom. The fraction of sp³-hybridized carbons (Fsp3) is 0.240. The lowest BCUT2D eigenvalue weighted by atomic mass is 10.1.